The van der Waals surface area contributed by atoms with Crippen LogP contribution in [0.2, 0.25) is 0 Å². The summed E-state index contributed by atoms with van der Waals surface area (Å²) in [6.45, 7) is 3.89. The van der Waals surface area contributed by atoms with Crippen LogP contribution in [0.4, 0.5) is 5.69 Å². The number of rotatable bonds is 3. The number of hydrogen-bond acceptors (Lipinski definition) is 4. The van der Waals surface area contributed by atoms with Crippen LogP contribution >= 0.6 is 0 Å². The van der Waals surface area contributed by atoms with Crippen LogP contribution in [0.1, 0.15) is 21.6 Å². The average molecular weight is 343 g/mol. The number of hydrogen-bond donors (Lipinski definition) is 1. The smallest absolute Gasteiger partial charge is 0.256 e. The van der Waals surface area contributed by atoms with Gasteiger partial charge < -0.3 is 9.73 Å². The molecule has 5 nitrogen and oxygen atoms in total. The first kappa shape index (κ1) is 16.0. The molecule has 1 N–H and O–H groups in total. The zero-order chi connectivity index (χ0) is 18.1. The van der Waals surface area contributed by atoms with Gasteiger partial charge in [0.15, 0.2) is 12.2 Å². The summed E-state index contributed by atoms with van der Waals surface area (Å²) in [4.78, 5) is 21.4. The molecule has 4 aromatic rings. The molecule has 0 aliphatic rings. The maximum absolute atomic E-state index is 12.9. The van der Waals surface area contributed by atoms with Crippen molar-refractivity contribution in [2.45, 2.75) is 13.8 Å². The highest BCUT2D eigenvalue weighted by atomic mass is 16.3. The predicted octanol–water partition coefficient (Wildman–Crippen LogP) is 4.76. The van der Waals surface area contributed by atoms with E-state index in [-0.39, 0.29) is 5.91 Å². The van der Waals surface area contributed by atoms with Gasteiger partial charge >= 0.3 is 0 Å². The van der Waals surface area contributed by atoms with Gasteiger partial charge in [0.25, 0.3) is 5.91 Å². The largest absolute Gasteiger partial charge is 0.444 e. The molecule has 26 heavy (non-hydrogen) atoms. The van der Waals surface area contributed by atoms with E-state index in [9.17, 15) is 4.79 Å². The molecule has 0 radical (unpaired) electrons. The van der Waals surface area contributed by atoms with Gasteiger partial charge in [-0.25, -0.2) is 4.98 Å². The van der Waals surface area contributed by atoms with Crippen LogP contribution in [-0.4, -0.2) is 15.9 Å². The second-order valence-electron chi connectivity index (χ2n) is 6.23. The molecule has 5 heteroatoms. The molecule has 0 unspecified atom stereocenters. The molecular formula is C21H17N3O2. The lowest BCUT2D eigenvalue weighted by Crippen LogP contribution is -2.13. The first-order chi connectivity index (χ1) is 12.6. The Morgan fingerprint density at radius 3 is 2.77 bits per heavy atom. The number of anilines is 1. The Morgan fingerprint density at radius 2 is 1.96 bits per heavy atom. The van der Waals surface area contributed by atoms with Crippen molar-refractivity contribution >= 4 is 22.5 Å². The van der Waals surface area contributed by atoms with Gasteiger partial charge in [-0.3, -0.25) is 9.78 Å². The van der Waals surface area contributed by atoms with Gasteiger partial charge in [-0.05, 0) is 44.2 Å². The molecule has 1 amide bonds. The van der Waals surface area contributed by atoms with Crippen molar-refractivity contribution in [1.82, 2.24) is 9.97 Å². The summed E-state index contributed by atoms with van der Waals surface area (Å²) in [5.74, 6) is 0.489. The van der Waals surface area contributed by atoms with Crippen LogP contribution in [0.15, 0.2) is 65.5 Å². The maximum Gasteiger partial charge on any atom is 0.256 e. The van der Waals surface area contributed by atoms with Gasteiger partial charge in [0, 0.05) is 22.3 Å². The fourth-order valence-corrected chi connectivity index (χ4v) is 2.97. The Bertz CT molecular complexity index is 1100. The lowest BCUT2D eigenvalue weighted by Gasteiger charge is -2.10. The van der Waals surface area contributed by atoms with Crippen LogP contribution in [0.3, 0.4) is 0 Å². The molecule has 0 bridgehead atoms. The summed E-state index contributed by atoms with van der Waals surface area (Å²) >= 11 is 0. The van der Waals surface area contributed by atoms with Gasteiger partial charge in [-0.15, -0.1) is 0 Å². The van der Waals surface area contributed by atoms with Crippen molar-refractivity contribution in [2.24, 2.45) is 0 Å². The Labute approximate surface area is 150 Å². The van der Waals surface area contributed by atoms with E-state index in [0.29, 0.717) is 17.0 Å². The lowest BCUT2D eigenvalue weighted by molar-refractivity contribution is 0.102. The molecule has 2 aromatic carbocycles. The molecule has 0 saturated carbocycles. The molecule has 128 valence electrons. The van der Waals surface area contributed by atoms with E-state index in [1.807, 2.05) is 62.4 Å². The monoisotopic (exact) mass is 343 g/mol. The molecule has 0 fully saturated rings. The highest BCUT2D eigenvalue weighted by molar-refractivity contribution is 6.12. The van der Waals surface area contributed by atoms with Gasteiger partial charge in [0.1, 0.15) is 0 Å². The van der Waals surface area contributed by atoms with Crippen LogP contribution in [-0.2, 0) is 0 Å². The van der Waals surface area contributed by atoms with Crippen LogP contribution in [0.5, 0.6) is 0 Å². The Balaban J connectivity index is 1.70. The molecule has 2 aromatic heterocycles. The number of nitrogens with zero attached hydrogens (tertiary/aromatic N) is 2. The molecule has 0 aliphatic carbocycles. The number of fused-ring (bicyclic) bond motifs is 1. The molecule has 4 rings (SSSR count). The second kappa shape index (κ2) is 6.44. The third kappa shape index (κ3) is 3.07. The number of carbonyl (C=O) groups is 1. The number of amides is 1. The second-order valence-corrected chi connectivity index (χ2v) is 6.23. The number of nitrogens with one attached hydrogen (secondary N) is 1. The maximum atomic E-state index is 12.9. The minimum Gasteiger partial charge on any atom is -0.444 e. The zero-order valence-electron chi connectivity index (χ0n) is 14.5. The SMILES string of the molecule is Cc1ccc2nc(C)cc(C(=O)Nc3cccc(-c4cnco4)c3)c2c1. The summed E-state index contributed by atoms with van der Waals surface area (Å²) in [6, 6.07) is 15.2. The number of pyridine rings is 1. The van der Waals surface area contributed by atoms with E-state index < -0.39 is 0 Å². The summed E-state index contributed by atoms with van der Waals surface area (Å²) in [5, 5.41) is 3.82. The third-order valence-corrected chi connectivity index (χ3v) is 4.17. The number of aromatic nitrogens is 2. The normalized spacial score (nSPS) is 10.8. The van der Waals surface area contributed by atoms with Crippen molar-refractivity contribution in [3.63, 3.8) is 0 Å². The Hall–Kier alpha value is -3.47. The minimum atomic E-state index is -0.166. The standard InChI is InChI=1S/C21H17N3O2/c1-13-6-7-19-17(8-13)18(9-14(2)23-19)21(25)24-16-5-3-4-15(10-16)20-11-22-12-26-20/h3-12H,1-2H3,(H,24,25). The van der Waals surface area contributed by atoms with Crippen LogP contribution in [0, 0.1) is 13.8 Å². The predicted molar refractivity (Wildman–Crippen MR) is 101 cm³/mol. The number of benzene rings is 2. The summed E-state index contributed by atoms with van der Waals surface area (Å²) < 4.78 is 5.32. The number of aryl methyl sites for hydroxylation is 2. The Morgan fingerprint density at radius 1 is 1.08 bits per heavy atom. The van der Waals surface area contributed by atoms with Crippen molar-refractivity contribution in [2.75, 3.05) is 5.32 Å². The fraction of sp³-hybridized carbons (Fsp3) is 0.0952. The summed E-state index contributed by atoms with van der Waals surface area (Å²) in [6.07, 6.45) is 3.03. The number of oxazole rings is 1. The molecule has 0 saturated heterocycles. The summed E-state index contributed by atoms with van der Waals surface area (Å²) in [7, 11) is 0. The van der Waals surface area contributed by atoms with Gasteiger partial charge in [-0.1, -0.05) is 23.8 Å². The quantitative estimate of drug-likeness (QED) is 0.582. The first-order valence-electron chi connectivity index (χ1n) is 8.28. The van der Waals surface area contributed by atoms with Crippen molar-refractivity contribution in [1.29, 1.82) is 0 Å². The Kier molecular flexibility index (Phi) is 3.97. The minimum absolute atomic E-state index is 0.166. The van der Waals surface area contributed by atoms with Crippen molar-refractivity contribution < 1.29 is 9.21 Å². The zero-order valence-corrected chi connectivity index (χ0v) is 14.5. The highest BCUT2D eigenvalue weighted by Gasteiger charge is 2.13. The van der Waals surface area contributed by atoms with E-state index in [4.69, 9.17) is 4.42 Å². The van der Waals surface area contributed by atoms with Crippen LogP contribution in [0.25, 0.3) is 22.2 Å². The number of carbonyl (C=O) groups excluding carboxylic acids is 1. The van der Waals surface area contributed by atoms with Gasteiger partial charge in [-0.2, -0.15) is 0 Å². The van der Waals surface area contributed by atoms with E-state index in [1.54, 1.807) is 6.20 Å². The molecule has 2 heterocycles. The van der Waals surface area contributed by atoms with E-state index >= 15 is 0 Å². The van der Waals surface area contributed by atoms with Crippen molar-refractivity contribution in [3.8, 4) is 11.3 Å². The molecular weight excluding hydrogens is 326 g/mol. The van der Waals surface area contributed by atoms with Crippen LogP contribution < -0.4 is 5.32 Å². The summed E-state index contributed by atoms with van der Waals surface area (Å²) in [5.41, 5.74) is 4.87. The van der Waals surface area contributed by atoms with E-state index in [1.165, 1.54) is 6.39 Å². The van der Waals surface area contributed by atoms with Gasteiger partial charge in [0.2, 0.25) is 0 Å². The average Bonchev–Trinajstić information content (AvgIpc) is 3.16. The fourth-order valence-electron chi connectivity index (χ4n) is 2.97. The molecule has 0 aliphatic heterocycles. The molecule has 0 atom stereocenters. The van der Waals surface area contributed by atoms with E-state index in [0.717, 1.165) is 27.7 Å². The van der Waals surface area contributed by atoms with Gasteiger partial charge in [0.05, 0.1) is 17.3 Å². The molecule has 0 spiro atoms. The van der Waals surface area contributed by atoms with E-state index in [2.05, 4.69) is 15.3 Å². The third-order valence-electron chi connectivity index (χ3n) is 4.17. The lowest BCUT2D eigenvalue weighted by atomic mass is 10.0. The first-order valence-corrected chi connectivity index (χ1v) is 8.28. The highest BCUT2D eigenvalue weighted by Crippen LogP contribution is 2.24. The van der Waals surface area contributed by atoms with Crippen molar-refractivity contribution in [3.05, 3.63) is 77.9 Å². The topological polar surface area (TPSA) is 68.0 Å².